The Morgan fingerprint density at radius 1 is 1.47 bits per heavy atom. The summed E-state index contributed by atoms with van der Waals surface area (Å²) in [5.41, 5.74) is 4.06. The molecule has 1 N–H and O–H groups in total. The first-order valence-electron chi connectivity index (χ1n) is 4.39. The minimum absolute atomic E-state index is 0.196. The van der Waals surface area contributed by atoms with Crippen LogP contribution in [0.4, 0.5) is 4.39 Å². The predicted molar refractivity (Wildman–Crippen MR) is 56.5 cm³/mol. The third-order valence-corrected chi connectivity index (χ3v) is 2.55. The van der Waals surface area contributed by atoms with Crippen molar-refractivity contribution < 1.29 is 14.0 Å². The fourth-order valence-corrected chi connectivity index (χ4v) is 1.53. The van der Waals surface area contributed by atoms with Gasteiger partial charge in [-0.25, -0.2) is 4.39 Å². The van der Waals surface area contributed by atoms with Crippen molar-refractivity contribution in [3.05, 3.63) is 28.0 Å². The van der Waals surface area contributed by atoms with Crippen molar-refractivity contribution in [3.8, 4) is 5.75 Å². The SMILES string of the molecule is CONCc1c(C)c(Cl)cc(F)c1OC. The van der Waals surface area contributed by atoms with E-state index in [9.17, 15) is 4.39 Å². The third kappa shape index (κ3) is 2.59. The van der Waals surface area contributed by atoms with Gasteiger partial charge in [0.05, 0.1) is 20.8 Å². The van der Waals surface area contributed by atoms with Crippen molar-refractivity contribution in [1.82, 2.24) is 5.48 Å². The van der Waals surface area contributed by atoms with Crippen LogP contribution in [-0.4, -0.2) is 14.2 Å². The molecular weight excluding hydrogens is 221 g/mol. The van der Waals surface area contributed by atoms with Gasteiger partial charge in [0.2, 0.25) is 0 Å². The summed E-state index contributed by atoms with van der Waals surface area (Å²) in [5.74, 6) is -0.276. The molecule has 0 unspecified atom stereocenters. The first kappa shape index (κ1) is 12.2. The second-order valence-electron chi connectivity index (χ2n) is 3.00. The summed E-state index contributed by atoms with van der Waals surface area (Å²) >= 11 is 5.86. The van der Waals surface area contributed by atoms with Gasteiger partial charge >= 0.3 is 0 Å². The van der Waals surface area contributed by atoms with Gasteiger partial charge in [0.1, 0.15) is 0 Å². The quantitative estimate of drug-likeness (QED) is 0.811. The van der Waals surface area contributed by atoms with Gasteiger partial charge in [-0.3, -0.25) is 0 Å². The van der Waals surface area contributed by atoms with Gasteiger partial charge in [-0.1, -0.05) is 11.6 Å². The molecule has 0 fully saturated rings. The topological polar surface area (TPSA) is 30.5 Å². The number of nitrogens with one attached hydrogen (secondary N) is 1. The first-order chi connectivity index (χ1) is 7.11. The number of rotatable bonds is 4. The second-order valence-corrected chi connectivity index (χ2v) is 3.41. The summed E-state index contributed by atoms with van der Waals surface area (Å²) < 4.78 is 18.4. The van der Waals surface area contributed by atoms with Gasteiger partial charge in [0, 0.05) is 10.6 Å². The van der Waals surface area contributed by atoms with E-state index in [4.69, 9.17) is 21.2 Å². The molecule has 15 heavy (non-hydrogen) atoms. The molecule has 0 aromatic heterocycles. The fraction of sp³-hybridized carbons (Fsp3) is 0.400. The Morgan fingerprint density at radius 2 is 2.13 bits per heavy atom. The van der Waals surface area contributed by atoms with Crippen molar-refractivity contribution in [1.29, 1.82) is 0 Å². The Kier molecular flexibility index (Phi) is 4.32. The van der Waals surface area contributed by atoms with Gasteiger partial charge in [-0.15, -0.1) is 0 Å². The molecular formula is C10H13ClFNO2. The van der Waals surface area contributed by atoms with E-state index in [1.165, 1.54) is 20.3 Å². The van der Waals surface area contributed by atoms with Crippen LogP contribution in [0.3, 0.4) is 0 Å². The van der Waals surface area contributed by atoms with E-state index in [1.54, 1.807) is 6.92 Å². The maximum absolute atomic E-state index is 13.4. The van der Waals surface area contributed by atoms with Gasteiger partial charge in [0.15, 0.2) is 11.6 Å². The highest BCUT2D eigenvalue weighted by atomic mass is 35.5. The molecule has 0 heterocycles. The standard InChI is InChI=1S/C10H13ClFNO2/c1-6-7(5-13-15-3)10(14-2)9(12)4-8(6)11/h4,13H,5H2,1-3H3. The normalized spacial score (nSPS) is 10.5. The van der Waals surface area contributed by atoms with Crippen LogP contribution in [0.25, 0.3) is 0 Å². The summed E-state index contributed by atoms with van der Waals surface area (Å²) in [5, 5.41) is 0.376. The fourth-order valence-electron chi connectivity index (χ4n) is 1.32. The number of hydrogen-bond donors (Lipinski definition) is 1. The molecule has 1 aromatic carbocycles. The van der Waals surface area contributed by atoms with Crippen molar-refractivity contribution in [2.75, 3.05) is 14.2 Å². The van der Waals surface area contributed by atoms with Crippen molar-refractivity contribution >= 4 is 11.6 Å². The zero-order valence-electron chi connectivity index (χ0n) is 8.86. The number of halogens is 2. The van der Waals surface area contributed by atoms with E-state index in [0.29, 0.717) is 17.1 Å². The van der Waals surface area contributed by atoms with Crippen LogP contribution in [-0.2, 0) is 11.4 Å². The zero-order chi connectivity index (χ0) is 11.4. The van der Waals surface area contributed by atoms with Crippen LogP contribution >= 0.6 is 11.6 Å². The smallest absolute Gasteiger partial charge is 0.166 e. The number of hydroxylamine groups is 1. The number of ether oxygens (including phenoxy) is 1. The Labute approximate surface area is 93.1 Å². The highest BCUT2D eigenvalue weighted by Gasteiger charge is 2.15. The summed E-state index contributed by atoms with van der Waals surface area (Å²) in [6.45, 7) is 2.14. The molecule has 5 heteroatoms. The molecule has 0 aliphatic carbocycles. The lowest BCUT2D eigenvalue weighted by atomic mass is 10.1. The van der Waals surface area contributed by atoms with Gasteiger partial charge in [-0.05, 0) is 18.6 Å². The molecule has 0 radical (unpaired) electrons. The molecule has 0 atom stereocenters. The lowest BCUT2D eigenvalue weighted by Crippen LogP contribution is -2.13. The summed E-state index contributed by atoms with van der Waals surface area (Å²) in [4.78, 5) is 4.71. The van der Waals surface area contributed by atoms with E-state index in [-0.39, 0.29) is 5.75 Å². The van der Waals surface area contributed by atoms with Crippen molar-refractivity contribution in [2.45, 2.75) is 13.5 Å². The van der Waals surface area contributed by atoms with Crippen LogP contribution in [0.5, 0.6) is 5.75 Å². The van der Waals surface area contributed by atoms with Gasteiger partial charge < -0.3 is 9.57 Å². The Balaban J connectivity index is 3.18. The van der Waals surface area contributed by atoms with Crippen LogP contribution in [0.1, 0.15) is 11.1 Å². The molecule has 0 aliphatic rings. The second kappa shape index (κ2) is 5.30. The Morgan fingerprint density at radius 3 is 2.67 bits per heavy atom. The summed E-state index contributed by atoms with van der Waals surface area (Å²) in [7, 11) is 2.91. The van der Waals surface area contributed by atoms with E-state index in [0.717, 1.165) is 5.56 Å². The maximum atomic E-state index is 13.4. The van der Waals surface area contributed by atoms with Gasteiger partial charge in [-0.2, -0.15) is 5.48 Å². The lowest BCUT2D eigenvalue weighted by molar-refractivity contribution is 0.0858. The van der Waals surface area contributed by atoms with Crippen molar-refractivity contribution in [3.63, 3.8) is 0 Å². The molecule has 84 valence electrons. The molecule has 1 aromatic rings. The number of benzene rings is 1. The molecule has 1 rings (SSSR count). The first-order valence-corrected chi connectivity index (χ1v) is 4.77. The lowest BCUT2D eigenvalue weighted by Gasteiger charge is -2.13. The van der Waals surface area contributed by atoms with Crippen molar-refractivity contribution in [2.24, 2.45) is 0 Å². The van der Waals surface area contributed by atoms with E-state index in [1.807, 2.05) is 0 Å². The molecule has 0 aliphatic heterocycles. The van der Waals surface area contributed by atoms with E-state index < -0.39 is 5.82 Å². The van der Waals surface area contributed by atoms with E-state index in [2.05, 4.69) is 5.48 Å². The third-order valence-electron chi connectivity index (χ3n) is 2.15. The summed E-state index contributed by atoms with van der Waals surface area (Å²) in [6, 6.07) is 1.24. The maximum Gasteiger partial charge on any atom is 0.166 e. The molecule has 0 bridgehead atoms. The largest absolute Gasteiger partial charge is 0.493 e. The van der Waals surface area contributed by atoms with Crippen LogP contribution in [0.15, 0.2) is 6.07 Å². The monoisotopic (exact) mass is 233 g/mol. The Hall–Kier alpha value is -0.840. The van der Waals surface area contributed by atoms with Crippen LogP contribution in [0, 0.1) is 12.7 Å². The molecule has 0 spiro atoms. The summed E-state index contributed by atoms with van der Waals surface area (Å²) in [6.07, 6.45) is 0. The average molecular weight is 234 g/mol. The molecule has 0 saturated carbocycles. The van der Waals surface area contributed by atoms with E-state index >= 15 is 0 Å². The number of hydrogen-bond acceptors (Lipinski definition) is 3. The molecule has 3 nitrogen and oxygen atoms in total. The zero-order valence-corrected chi connectivity index (χ0v) is 9.61. The molecule has 0 saturated heterocycles. The predicted octanol–water partition coefficient (Wildman–Crippen LogP) is 2.45. The van der Waals surface area contributed by atoms with Gasteiger partial charge in [0.25, 0.3) is 0 Å². The minimum atomic E-state index is -0.471. The molecule has 0 amide bonds. The van der Waals surface area contributed by atoms with Crippen LogP contribution < -0.4 is 10.2 Å². The Bertz CT molecular complexity index is 358. The minimum Gasteiger partial charge on any atom is -0.493 e. The van der Waals surface area contributed by atoms with Crippen LogP contribution in [0.2, 0.25) is 5.02 Å². The average Bonchev–Trinajstić information content (AvgIpc) is 2.21. The highest BCUT2D eigenvalue weighted by molar-refractivity contribution is 6.31. The number of methoxy groups -OCH3 is 1. The highest BCUT2D eigenvalue weighted by Crippen LogP contribution is 2.31.